The molecule has 0 bridgehead atoms. The van der Waals surface area contributed by atoms with Crippen molar-refractivity contribution in [3.05, 3.63) is 68.4 Å². The van der Waals surface area contributed by atoms with Crippen molar-refractivity contribution < 1.29 is 13.2 Å². The van der Waals surface area contributed by atoms with Gasteiger partial charge in [0.2, 0.25) is 0 Å². The zero-order chi connectivity index (χ0) is 14.2. The minimum atomic E-state index is -0.948. The Balaban J connectivity index is 2.49. The van der Waals surface area contributed by atoms with E-state index >= 15 is 0 Å². The van der Waals surface area contributed by atoms with Crippen LogP contribution in [-0.2, 0) is 0 Å². The fourth-order valence-electron chi connectivity index (χ4n) is 1.63. The monoisotopic (exact) mass is 412 g/mol. The Labute approximate surface area is 129 Å². The van der Waals surface area contributed by atoms with Crippen molar-refractivity contribution in [3.63, 3.8) is 0 Å². The molecule has 6 heteroatoms. The molecular formula is C13H6Br2ClF3. The first-order valence-corrected chi connectivity index (χ1v) is 7.22. The van der Waals surface area contributed by atoms with Crippen LogP contribution in [-0.4, -0.2) is 0 Å². The molecule has 0 fully saturated rings. The highest BCUT2D eigenvalue weighted by molar-refractivity contribution is 9.10. The van der Waals surface area contributed by atoms with Crippen LogP contribution in [0.2, 0.25) is 5.02 Å². The van der Waals surface area contributed by atoms with Gasteiger partial charge in [-0.25, -0.2) is 13.2 Å². The SMILES string of the molecule is Fc1cc(F)c(C(Br)c2ccc(Cl)c(Br)c2)c(F)c1. The molecule has 0 nitrogen and oxygen atoms in total. The number of rotatable bonds is 2. The standard InChI is InChI=1S/C13H6Br2ClF3/c14-8-3-6(1-2-9(8)16)13(15)12-10(18)4-7(17)5-11(12)19/h1-5,13H. The predicted molar refractivity (Wildman–Crippen MR) is 76.2 cm³/mol. The van der Waals surface area contributed by atoms with Crippen LogP contribution in [0.4, 0.5) is 13.2 Å². The summed E-state index contributed by atoms with van der Waals surface area (Å²) in [5, 5.41) is 0.489. The fraction of sp³-hybridized carbons (Fsp3) is 0.0769. The van der Waals surface area contributed by atoms with E-state index in [1.807, 2.05) is 0 Å². The van der Waals surface area contributed by atoms with E-state index in [9.17, 15) is 13.2 Å². The molecule has 0 aliphatic heterocycles. The van der Waals surface area contributed by atoms with Crippen LogP contribution in [0.3, 0.4) is 0 Å². The quantitative estimate of drug-likeness (QED) is 0.529. The second-order valence-corrected chi connectivity index (χ2v) is 6.00. The molecular weight excluding hydrogens is 408 g/mol. The van der Waals surface area contributed by atoms with E-state index in [0.717, 1.165) is 0 Å². The molecule has 0 aliphatic rings. The van der Waals surface area contributed by atoms with Crippen LogP contribution in [0.15, 0.2) is 34.8 Å². The third-order valence-corrected chi connectivity index (χ3v) is 4.73. The second-order valence-electron chi connectivity index (χ2n) is 3.82. The van der Waals surface area contributed by atoms with Gasteiger partial charge in [0.15, 0.2) is 0 Å². The van der Waals surface area contributed by atoms with Crippen LogP contribution >= 0.6 is 43.5 Å². The minimum Gasteiger partial charge on any atom is -0.207 e. The van der Waals surface area contributed by atoms with Crippen molar-refractivity contribution >= 4 is 43.5 Å². The number of benzene rings is 2. The lowest BCUT2D eigenvalue weighted by Gasteiger charge is -2.13. The van der Waals surface area contributed by atoms with Gasteiger partial charge in [0.05, 0.1) is 9.85 Å². The molecule has 0 aliphatic carbocycles. The highest BCUT2D eigenvalue weighted by Gasteiger charge is 2.21. The summed E-state index contributed by atoms with van der Waals surface area (Å²) in [4.78, 5) is -0.735. The molecule has 0 saturated carbocycles. The lowest BCUT2D eigenvalue weighted by atomic mass is 10.0. The fourth-order valence-corrected chi connectivity index (χ4v) is 2.87. The number of halogens is 6. The van der Waals surface area contributed by atoms with Gasteiger partial charge < -0.3 is 0 Å². The van der Waals surface area contributed by atoms with Gasteiger partial charge in [-0.15, -0.1) is 0 Å². The molecule has 0 aromatic heterocycles. The minimum absolute atomic E-state index is 0.240. The van der Waals surface area contributed by atoms with E-state index in [-0.39, 0.29) is 5.56 Å². The molecule has 19 heavy (non-hydrogen) atoms. The second kappa shape index (κ2) is 5.85. The van der Waals surface area contributed by atoms with Crippen molar-refractivity contribution in [2.75, 3.05) is 0 Å². The maximum atomic E-state index is 13.7. The molecule has 0 N–H and O–H groups in total. The van der Waals surface area contributed by atoms with Crippen LogP contribution in [0.25, 0.3) is 0 Å². The average Bonchev–Trinajstić information content (AvgIpc) is 2.31. The third kappa shape index (κ3) is 3.15. The van der Waals surface area contributed by atoms with Gasteiger partial charge in [-0.2, -0.15) is 0 Å². The van der Waals surface area contributed by atoms with E-state index in [0.29, 0.717) is 27.2 Å². The van der Waals surface area contributed by atoms with Crippen LogP contribution in [0, 0.1) is 17.5 Å². The van der Waals surface area contributed by atoms with Crippen LogP contribution < -0.4 is 0 Å². The van der Waals surface area contributed by atoms with Crippen molar-refractivity contribution in [2.24, 2.45) is 0 Å². The van der Waals surface area contributed by atoms with Gasteiger partial charge in [0.1, 0.15) is 17.5 Å². The number of hydrogen-bond donors (Lipinski definition) is 0. The lowest BCUT2D eigenvalue weighted by Crippen LogP contribution is -2.02. The average molecular weight is 414 g/mol. The Kier molecular flexibility index (Phi) is 4.58. The summed E-state index contributed by atoms with van der Waals surface area (Å²) in [7, 11) is 0. The van der Waals surface area contributed by atoms with Gasteiger partial charge in [-0.05, 0) is 33.6 Å². The maximum Gasteiger partial charge on any atom is 0.133 e. The molecule has 0 saturated heterocycles. The largest absolute Gasteiger partial charge is 0.207 e. The zero-order valence-corrected chi connectivity index (χ0v) is 13.2. The summed E-state index contributed by atoms with van der Waals surface area (Å²) in [6, 6.07) is 6.18. The Morgan fingerprint density at radius 1 is 1.00 bits per heavy atom. The Morgan fingerprint density at radius 2 is 1.58 bits per heavy atom. The molecule has 0 heterocycles. The first kappa shape index (κ1) is 14.9. The Morgan fingerprint density at radius 3 is 2.11 bits per heavy atom. The summed E-state index contributed by atoms with van der Waals surface area (Å²) in [5.74, 6) is -2.83. The molecule has 0 amide bonds. The first-order chi connectivity index (χ1) is 8.90. The molecule has 0 radical (unpaired) electrons. The number of alkyl halides is 1. The molecule has 1 atom stereocenters. The van der Waals surface area contributed by atoms with Crippen molar-refractivity contribution in [3.8, 4) is 0 Å². The molecule has 0 spiro atoms. The van der Waals surface area contributed by atoms with Crippen molar-refractivity contribution in [2.45, 2.75) is 4.83 Å². The van der Waals surface area contributed by atoms with Gasteiger partial charge >= 0.3 is 0 Å². The first-order valence-electron chi connectivity index (χ1n) is 5.13. The zero-order valence-electron chi connectivity index (χ0n) is 9.23. The summed E-state index contributed by atoms with van der Waals surface area (Å²) >= 11 is 12.3. The van der Waals surface area contributed by atoms with Crippen molar-refractivity contribution in [1.82, 2.24) is 0 Å². The summed E-state index contributed by atoms with van der Waals surface area (Å²) in [6.45, 7) is 0. The van der Waals surface area contributed by atoms with Gasteiger partial charge in [0, 0.05) is 22.2 Å². The predicted octanol–water partition coefficient (Wildman–Crippen LogP) is 6.00. The van der Waals surface area contributed by atoms with Gasteiger partial charge in [-0.1, -0.05) is 33.6 Å². The topological polar surface area (TPSA) is 0 Å². The summed E-state index contributed by atoms with van der Waals surface area (Å²) < 4.78 is 40.8. The molecule has 1 unspecified atom stereocenters. The summed E-state index contributed by atoms with van der Waals surface area (Å²) in [6.07, 6.45) is 0. The van der Waals surface area contributed by atoms with Crippen molar-refractivity contribution in [1.29, 1.82) is 0 Å². The van der Waals surface area contributed by atoms with Crippen LogP contribution in [0.1, 0.15) is 16.0 Å². The Hall–Kier alpha value is -0.520. The number of hydrogen-bond acceptors (Lipinski definition) is 0. The molecule has 100 valence electrons. The van der Waals surface area contributed by atoms with Gasteiger partial charge in [0.25, 0.3) is 0 Å². The smallest absolute Gasteiger partial charge is 0.133 e. The highest BCUT2D eigenvalue weighted by Crippen LogP contribution is 2.37. The normalized spacial score (nSPS) is 12.5. The van der Waals surface area contributed by atoms with E-state index in [2.05, 4.69) is 31.9 Å². The van der Waals surface area contributed by atoms with Crippen LogP contribution in [0.5, 0.6) is 0 Å². The van der Waals surface area contributed by atoms with Gasteiger partial charge in [-0.3, -0.25) is 0 Å². The molecule has 2 aromatic carbocycles. The molecule has 2 aromatic rings. The summed E-state index contributed by atoms with van der Waals surface area (Å²) in [5.41, 5.74) is 0.358. The van der Waals surface area contributed by atoms with E-state index in [1.165, 1.54) is 0 Å². The van der Waals surface area contributed by atoms with E-state index in [4.69, 9.17) is 11.6 Å². The third-order valence-electron chi connectivity index (χ3n) is 2.53. The Bertz CT molecular complexity index is 608. The highest BCUT2D eigenvalue weighted by atomic mass is 79.9. The maximum absolute atomic E-state index is 13.7. The molecule has 2 rings (SSSR count). The lowest BCUT2D eigenvalue weighted by molar-refractivity contribution is 0.527. The van der Waals surface area contributed by atoms with E-state index < -0.39 is 22.3 Å². The van der Waals surface area contributed by atoms with E-state index in [1.54, 1.807) is 18.2 Å².